The van der Waals surface area contributed by atoms with Crippen molar-refractivity contribution >= 4 is 17.2 Å². The average molecular weight is 346 g/mol. The number of aryl methyl sites for hydroxylation is 1. The number of aliphatic hydroxyl groups is 1. The maximum Gasteiger partial charge on any atom is 0.226 e. The first-order valence-corrected chi connectivity index (χ1v) is 9.34. The van der Waals surface area contributed by atoms with Gasteiger partial charge in [0.15, 0.2) is 0 Å². The number of hydrogen-bond acceptors (Lipinski definition) is 4. The lowest BCUT2D eigenvalue weighted by molar-refractivity contribution is -0.120. The molecule has 0 bridgehead atoms. The second-order valence-corrected chi connectivity index (χ2v) is 7.22. The lowest BCUT2D eigenvalue weighted by atomic mass is 10.0. The van der Waals surface area contributed by atoms with Crippen LogP contribution in [-0.2, 0) is 17.6 Å². The highest BCUT2D eigenvalue weighted by molar-refractivity contribution is 7.13. The van der Waals surface area contributed by atoms with E-state index in [1.165, 1.54) is 5.56 Å². The van der Waals surface area contributed by atoms with E-state index in [0.29, 0.717) is 19.4 Å². The Morgan fingerprint density at radius 1 is 1.29 bits per heavy atom. The van der Waals surface area contributed by atoms with E-state index in [1.54, 1.807) is 18.3 Å². The molecule has 5 heteroatoms. The summed E-state index contributed by atoms with van der Waals surface area (Å²) in [5.74, 6) is 0.239. The lowest BCUT2D eigenvalue weighted by Crippen LogP contribution is -2.30. The van der Waals surface area contributed by atoms with Crippen molar-refractivity contribution in [2.45, 2.75) is 46.1 Å². The van der Waals surface area contributed by atoms with E-state index in [0.717, 1.165) is 22.7 Å². The van der Waals surface area contributed by atoms with Gasteiger partial charge >= 0.3 is 0 Å². The quantitative estimate of drug-likeness (QED) is 0.770. The zero-order valence-corrected chi connectivity index (χ0v) is 15.4. The zero-order valence-electron chi connectivity index (χ0n) is 14.6. The second kappa shape index (κ2) is 8.94. The highest BCUT2D eigenvalue weighted by atomic mass is 32.1. The van der Waals surface area contributed by atoms with Crippen LogP contribution in [0.2, 0.25) is 0 Å². The molecule has 1 aromatic carbocycles. The van der Waals surface area contributed by atoms with Crippen LogP contribution in [-0.4, -0.2) is 28.6 Å². The van der Waals surface area contributed by atoms with Gasteiger partial charge in [-0.3, -0.25) is 4.79 Å². The van der Waals surface area contributed by atoms with Crippen LogP contribution in [0.15, 0.2) is 29.6 Å². The summed E-state index contributed by atoms with van der Waals surface area (Å²) in [6.45, 7) is 6.51. The molecule has 2 aromatic rings. The molecule has 0 radical (unpaired) electrons. The molecule has 0 fully saturated rings. The predicted octanol–water partition coefficient (Wildman–Crippen LogP) is 3.44. The molecule has 0 aliphatic rings. The van der Waals surface area contributed by atoms with Crippen molar-refractivity contribution in [2.75, 3.05) is 6.54 Å². The normalized spacial score (nSPS) is 13.5. The van der Waals surface area contributed by atoms with E-state index in [2.05, 4.69) is 41.5 Å². The fourth-order valence-corrected chi connectivity index (χ4v) is 3.41. The van der Waals surface area contributed by atoms with Crippen molar-refractivity contribution in [3.05, 3.63) is 40.9 Å². The molecule has 2 atom stereocenters. The number of aromatic nitrogens is 1. The molecule has 0 aliphatic carbocycles. The molecule has 0 saturated carbocycles. The molecule has 2 rings (SSSR count). The van der Waals surface area contributed by atoms with E-state index in [4.69, 9.17) is 0 Å². The Bertz CT molecular complexity index is 650. The van der Waals surface area contributed by atoms with Crippen molar-refractivity contribution < 1.29 is 9.90 Å². The van der Waals surface area contributed by atoms with E-state index in [9.17, 15) is 9.90 Å². The molecule has 1 heterocycles. The van der Waals surface area contributed by atoms with Crippen LogP contribution in [0.3, 0.4) is 0 Å². The van der Waals surface area contributed by atoms with Crippen LogP contribution < -0.4 is 5.32 Å². The Balaban J connectivity index is 1.87. The largest absolute Gasteiger partial charge is 0.393 e. The van der Waals surface area contributed by atoms with Crippen LogP contribution in [0.4, 0.5) is 0 Å². The van der Waals surface area contributed by atoms with Gasteiger partial charge in [-0.15, -0.1) is 11.3 Å². The molecule has 0 spiro atoms. The molecule has 0 saturated heterocycles. The van der Waals surface area contributed by atoms with Gasteiger partial charge in [-0.05, 0) is 31.2 Å². The van der Waals surface area contributed by atoms with Gasteiger partial charge in [0.25, 0.3) is 0 Å². The third kappa shape index (κ3) is 5.73. The molecule has 2 N–H and O–H groups in total. The Morgan fingerprint density at radius 2 is 2.00 bits per heavy atom. The average Bonchev–Trinajstić information content (AvgIpc) is 3.01. The standard InChI is InChI=1S/C19H26N2O2S/c1-4-15-5-7-16(8-6-15)19-21-17(12-24-19)10-18(23)20-11-13(2)9-14(3)22/h5-8,12-14,22H,4,9-11H2,1-3H3,(H,20,23). The van der Waals surface area contributed by atoms with Gasteiger partial charge in [-0.1, -0.05) is 38.1 Å². The van der Waals surface area contributed by atoms with Gasteiger partial charge in [0.2, 0.25) is 5.91 Å². The molecule has 0 aliphatic heterocycles. The Morgan fingerprint density at radius 3 is 2.62 bits per heavy atom. The minimum atomic E-state index is -0.336. The minimum absolute atomic E-state index is 0.0226. The fourth-order valence-electron chi connectivity index (χ4n) is 2.58. The SMILES string of the molecule is CCc1ccc(-c2nc(CC(=O)NCC(C)CC(C)O)cs2)cc1. The first kappa shape index (κ1) is 18.6. The topological polar surface area (TPSA) is 62.2 Å². The van der Waals surface area contributed by atoms with Gasteiger partial charge in [0, 0.05) is 17.5 Å². The number of carbonyl (C=O) groups is 1. The maximum atomic E-state index is 12.0. The van der Waals surface area contributed by atoms with Crippen molar-refractivity contribution in [3.63, 3.8) is 0 Å². The number of carbonyl (C=O) groups excluding carboxylic acids is 1. The van der Waals surface area contributed by atoms with Gasteiger partial charge in [-0.25, -0.2) is 4.98 Å². The monoisotopic (exact) mass is 346 g/mol. The highest BCUT2D eigenvalue weighted by Gasteiger charge is 2.11. The summed E-state index contributed by atoms with van der Waals surface area (Å²) >= 11 is 1.57. The number of rotatable bonds is 8. The number of hydrogen-bond donors (Lipinski definition) is 2. The number of benzene rings is 1. The number of nitrogens with one attached hydrogen (secondary N) is 1. The molecule has 2 unspecified atom stereocenters. The number of thiazole rings is 1. The highest BCUT2D eigenvalue weighted by Crippen LogP contribution is 2.24. The molecule has 1 amide bonds. The Kier molecular flexibility index (Phi) is 6.94. The Hall–Kier alpha value is -1.72. The maximum absolute atomic E-state index is 12.0. The van der Waals surface area contributed by atoms with Crippen LogP contribution in [0.25, 0.3) is 10.6 Å². The van der Waals surface area contributed by atoms with Crippen molar-refractivity contribution in [2.24, 2.45) is 5.92 Å². The number of amides is 1. The van der Waals surface area contributed by atoms with Crippen LogP contribution in [0, 0.1) is 5.92 Å². The smallest absolute Gasteiger partial charge is 0.226 e. The summed E-state index contributed by atoms with van der Waals surface area (Å²) in [5.41, 5.74) is 3.20. The first-order chi connectivity index (χ1) is 11.5. The van der Waals surface area contributed by atoms with Gasteiger partial charge in [-0.2, -0.15) is 0 Å². The van der Waals surface area contributed by atoms with E-state index in [-0.39, 0.29) is 17.9 Å². The third-order valence-corrected chi connectivity index (χ3v) is 4.83. The fraction of sp³-hybridized carbons (Fsp3) is 0.474. The van der Waals surface area contributed by atoms with Crippen molar-refractivity contribution in [3.8, 4) is 10.6 Å². The predicted molar refractivity (Wildman–Crippen MR) is 99.1 cm³/mol. The molecule has 24 heavy (non-hydrogen) atoms. The Labute approximate surface area is 148 Å². The molecular weight excluding hydrogens is 320 g/mol. The minimum Gasteiger partial charge on any atom is -0.393 e. The summed E-state index contributed by atoms with van der Waals surface area (Å²) in [7, 11) is 0. The van der Waals surface area contributed by atoms with E-state index in [1.807, 2.05) is 12.3 Å². The van der Waals surface area contributed by atoms with Crippen LogP contribution in [0.1, 0.15) is 38.4 Å². The van der Waals surface area contributed by atoms with Crippen LogP contribution >= 0.6 is 11.3 Å². The van der Waals surface area contributed by atoms with Crippen molar-refractivity contribution in [1.29, 1.82) is 0 Å². The summed E-state index contributed by atoms with van der Waals surface area (Å²) in [6, 6.07) is 8.40. The van der Waals surface area contributed by atoms with E-state index >= 15 is 0 Å². The lowest BCUT2D eigenvalue weighted by Gasteiger charge is -2.13. The molecular formula is C19H26N2O2S. The number of aliphatic hydroxyl groups excluding tert-OH is 1. The zero-order chi connectivity index (χ0) is 17.5. The summed E-state index contributed by atoms with van der Waals surface area (Å²) in [6.07, 6.45) is 1.67. The van der Waals surface area contributed by atoms with Gasteiger partial charge in [0.1, 0.15) is 5.01 Å². The number of nitrogens with zero attached hydrogens (tertiary/aromatic N) is 1. The third-order valence-electron chi connectivity index (χ3n) is 3.89. The summed E-state index contributed by atoms with van der Waals surface area (Å²) in [5, 5.41) is 15.2. The van der Waals surface area contributed by atoms with Crippen LogP contribution in [0.5, 0.6) is 0 Å². The molecule has 1 aromatic heterocycles. The molecule has 4 nitrogen and oxygen atoms in total. The van der Waals surface area contributed by atoms with Gasteiger partial charge in [0.05, 0.1) is 18.2 Å². The summed E-state index contributed by atoms with van der Waals surface area (Å²) < 4.78 is 0. The molecule has 130 valence electrons. The second-order valence-electron chi connectivity index (χ2n) is 6.37. The van der Waals surface area contributed by atoms with E-state index < -0.39 is 0 Å². The van der Waals surface area contributed by atoms with Gasteiger partial charge < -0.3 is 10.4 Å². The van der Waals surface area contributed by atoms with Crippen molar-refractivity contribution in [1.82, 2.24) is 10.3 Å². The first-order valence-electron chi connectivity index (χ1n) is 8.46. The summed E-state index contributed by atoms with van der Waals surface area (Å²) in [4.78, 5) is 16.6.